The third-order valence-electron chi connectivity index (χ3n) is 1.85. The molecule has 15 heavy (non-hydrogen) atoms. The van der Waals surface area contributed by atoms with Crippen molar-refractivity contribution in [2.75, 3.05) is 18.9 Å². The van der Waals surface area contributed by atoms with Crippen molar-refractivity contribution >= 4 is 11.8 Å². The molecule has 0 amide bonds. The SMILES string of the molecule is CCOc1ccc(SCC(O)CN)cc1. The maximum Gasteiger partial charge on any atom is 0.119 e. The van der Waals surface area contributed by atoms with Gasteiger partial charge >= 0.3 is 0 Å². The van der Waals surface area contributed by atoms with E-state index in [0.717, 1.165) is 10.6 Å². The molecule has 0 aliphatic heterocycles. The summed E-state index contributed by atoms with van der Waals surface area (Å²) in [6, 6.07) is 7.83. The zero-order chi connectivity index (χ0) is 11.1. The Morgan fingerprint density at radius 2 is 2.07 bits per heavy atom. The lowest BCUT2D eigenvalue weighted by atomic mass is 10.3. The number of hydrogen-bond donors (Lipinski definition) is 2. The standard InChI is InChI=1S/C11H17NO2S/c1-2-14-10-3-5-11(6-4-10)15-8-9(13)7-12/h3-6,9,13H,2,7-8,12H2,1H3. The fraction of sp³-hybridized carbons (Fsp3) is 0.455. The minimum absolute atomic E-state index is 0.310. The summed E-state index contributed by atoms with van der Waals surface area (Å²) < 4.78 is 5.33. The molecule has 3 N–H and O–H groups in total. The van der Waals surface area contributed by atoms with Gasteiger partial charge in [-0.05, 0) is 31.2 Å². The molecule has 0 saturated heterocycles. The van der Waals surface area contributed by atoms with Crippen LogP contribution in [-0.2, 0) is 0 Å². The molecule has 0 saturated carbocycles. The highest BCUT2D eigenvalue weighted by Gasteiger charge is 2.02. The van der Waals surface area contributed by atoms with E-state index in [0.29, 0.717) is 18.9 Å². The van der Waals surface area contributed by atoms with E-state index in [9.17, 15) is 5.11 Å². The normalized spacial score (nSPS) is 12.5. The molecule has 1 unspecified atom stereocenters. The number of benzene rings is 1. The molecule has 0 aliphatic rings. The number of hydrogen-bond acceptors (Lipinski definition) is 4. The van der Waals surface area contributed by atoms with Gasteiger partial charge in [0.2, 0.25) is 0 Å². The van der Waals surface area contributed by atoms with Crippen molar-refractivity contribution in [2.45, 2.75) is 17.9 Å². The molecule has 1 atom stereocenters. The number of rotatable bonds is 6. The van der Waals surface area contributed by atoms with Gasteiger partial charge in [0, 0.05) is 17.2 Å². The van der Waals surface area contributed by atoms with Gasteiger partial charge < -0.3 is 15.6 Å². The molecule has 1 rings (SSSR count). The van der Waals surface area contributed by atoms with Crippen LogP contribution in [0, 0.1) is 0 Å². The topological polar surface area (TPSA) is 55.5 Å². The third-order valence-corrected chi connectivity index (χ3v) is 3.01. The van der Waals surface area contributed by atoms with Crippen LogP contribution in [-0.4, -0.2) is 30.1 Å². The minimum Gasteiger partial charge on any atom is -0.494 e. The van der Waals surface area contributed by atoms with Gasteiger partial charge in [-0.15, -0.1) is 11.8 Å². The first kappa shape index (κ1) is 12.4. The van der Waals surface area contributed by atoms with E-state index >= 15 is 0 Å². The van der Waals surface area contributed by atoms with Crippen molar-refractivity contribution in [3.05, 3.63) is 24.3 Å². The van der Waals surface area contributed by atoms with E-state index in [4.69, 9.17) is 10.5 Å². The molecule has 0 aromatic heterocycles. The lowest BCUT2D eigenvalue weighted by Gasteiger charge is -2.07. The smallest absolute Gasteiger partial charge is 0.119 e. The highest BCUT2D eigenvalue weighted by atomic mass is 32.2. The van der Waals surface area contributed by atoms with Crippen LogP contribution in [0.3, 0.4) is 0 Å². The van der Waals surface area contributed by atoms with Crippen LogP contribution in [0.2, 0.25) is 0 Å². The fourth-order valence-electron chi connectivity index (χ4n) is 1.06. The predicted molar refractivity (Wildman–Crippen MR) is 63.4 cm³/mol. The summed E-state index contributed by atoms with van der Waals surface area (Å²) >= 11 is 1.59. The van der Waals surface area contributed by atoms with Crippen LogP contribution in [0.5, 0.6) is 5.75 Å². The highest BCUT2D eigenvalue weighted by Crippen LogP contribution is 2.21. The van der Waals surface area contributed by atoms with Crippen molar-refractivity contribution in [3.8, 4) is 5.75 Å². The van der Waals surface area contributed by atoms with Gasteiger partial charge in [0.05, 0.1) is 12.7 Å². The molecule has 0 bridgehead atoms. The van der Waals surface area contributed by atoms with E-state index in [1.54, 1.807) is 11.8 Å². The molecule has 1 aromatic carbocycles. The average Bonchev–Trinajstić information content (AvgIpc) is 2.28. The Bertz CT molecular complexity index is 276. The average molecular weight is 227 g/mol. The van der Waals surface area contributed by atoms with Crippen LogP contribution in [0.15, 0.2) is 29.2 Å². The Balaban J connectivity index is 2.42. The molecule has 3 nitrogen and oxygen atoms in total. The van der Waals surface area contributed by atoms with Gasteiger partial charge in [-0.2, -0.15) is 0 Å². The van der Waals surface area contributed by atoms with Crippen LogP contribution in [0.25, 0.3) is 0 Å². The lowest BCUT2D eigenvalue weighted by Crippen LogP contribution is -2.21. The molecular weight excluding hydrogens is 210 g/mol. The second-order valence-electron chi connectivity index (χ2n) is 3.10. The third kappa shape index (κ3) is 4.55. The van der Waals surface area contributed by atoms with Crippen LogP contribution in [0.4, 0.5) is 0 Å². The summed E-state index contributed by atoms with van der Waals surface area (Å²) in [6.07, 6.45) is -0.429. The summed E-state index contributed by atoms with van der Waals surface area (Å²) in [5.41, 5.74) is 5.32. The van der Waals surface area contributed by atoms with E-state index in [2.05, 4.69) is 0 Å². The van der Waals surface area contributed by atoms with Gasteiger partial charge in [0.15, 0.2) is 0 Å². The number of nitrogens with two attached hydrogens (primary N) is 1. The van der Waals surface area contributed by atoms with Gasteiger partial charge in [0.1, 0.15) is 5.75 Å². The number of ether oxygens (including phenoxy) is 1. The van der Waals surface area contributed by atoms with E-state index in [1.165, 1.54) is 0 Å². The first-order chi connectivity index (χ1) is 7.26. The maximum atomic E-state index is 9.29. The summed E-state index contributed by atoms with van der Waals surface area (Å²) in [5.74, 6) is 1.51. The van der Waals surface area contributed by atoms with Crippen molar-refractivity contribution in [1.29, 1.82) is 0 Å². The van der Waals surface area contributed by atoms with E-state index in [-0.39, 0.29) is 0 Å². The zero-order valence-corrected chi connectivity index (χ0v) is 9.67. The molecule has 0 aliphatic carbocycles. The molecule has 0 fully saturated rings. The molecule has 0 radical (unpaired) electrons. The van der Waals surface area contributed by atoms with Crippen molar-refractivity contribution < 1.29 is 9.84 Å². The highest BCUT2D eigenvalue weighted by molar-refractivity contribution is 7.99. The van der Waals surface area contributed by atoms with Gasteiger partial charge in [-0.3, -0.25) is 0 Å². The van der Waals surface area contributed by atoms with Crippen LogP contribution >= 0.6 is 11.8 Å². The Morgan fingerprint density at radius 1 is 1.40 bits per heavy atom. The first-order valence-electron chi connectivity index (χ1n) is 5.00. The lowest BCUT2D eigenvalue weighted by molar-refractivity contribution is 0.208. The Labute approximate surface area is 94.6 Å². The molecule has 0 spiro atoms. The summed E-state index contributed by atoms with van der Waals surface area (Å²) in [7, 11) is 0. The Kier molecular flexibility index (Phi) is 5.53. The Hall–Kier alpha value is -0.710. The van der Waals surface area contributed by atoms with Crippen molar-refractivity contribution in [3.63, 3.8) is 0 Å². The predicted octanol–water partition coefficient (Wildman–Crippen LogP) is 1.50. The van der Waals surface area contributed by atoms with Gasteiger partial charge in [-0.25, -0.2) is 0 Å². The second kappa shape index (κ2) is 6.71. The number of thioether (sulfide) groups is 1. The van der Waals surface area contributed by atoms with Crippen molar-refractivity contribution in [2.24, 2.45) is 5.73 Å². The second-order valence-corrected chi connectivity index (χ2v) is 4.20. The quantitative estimate of drug-likeness (QED) is 0.723. The zero-order valence-electron chi connectivity index (χ0n) is 8.85. The first-order valence-corrected chi connectivity index (χ1v) is 5.98. The Morgan fingerprint density at radius 3 is 2.60 bits per heavy atom. The summed E-state index contributed by atoms with van der Waals surface area (Å²) in [5, 5.41) is 9.29. The number of aliphatic hydroxyl groups excluding tert-OH is 1. The molecule has 0 heterocycles. The molecule has 1 aromatic rings. The molecular formula is C11H17NO2S. The van der Waals surface area contributed by atoms with Crippen LogP contribution < -0.4 is 10.5 Å². The summed E-state index contributed by atoms with van der Waals surface area (Å²) in [6.45, 7) is 2.95. The van der Waals surface area contributed by atoms with Crippen molar-refractivity contribution in [1.82, 2.24) is 0 Å². The van der Waals surface area contributed by atoms with E-state index < -0.39 is 6.10 Å². The van der Waals surface area contributed by atoms with Gasteiger partial charge in [0.25, 0.3) is 0 Å². The van der Waals surface area contributed by atoms with Gasteiger partial charge in [-0.1, -0.05) is 0 Å². The van der Waals surface area contributed by atoms with E-state index in [1.807, 2.05) is 31.2 Å². The number of aliphatic hydroxyl groups is 1. The molecule has 4 heteroatoms. The minimum atomic E-state index is -0.429. The summed E-state index contributed by atoms with van der Waals surface area (Å²) in [4.78, 5) is 1.12. The maximum absolute atomic E-state index is 9.29. The fourth-order valence-corrected chi connectivity index (χ4v) is 1.91. The monoisotopic (exact) mass is 227 g/mol. The largest absolute Gasteiger partial charge is 0.494 e. The van der Waals surface area contributed by atoms with Crippen LogP contribution in [0.1, 0.15) is 6.92 Å². The molecule has 84 valence electrons.